The van der Waals surface area contributed by atoms with Crippen molar-refractivity contribution in [3.63, 3.8) is 0 Å². The number of aryl methyl sites for hydroxylation is 2. The Morgan fingerprint density at radius 2 is 2.00 bits per heavy atom. The fourth-order valence-electron chi connectivity index (χ4n) is 2.05. The first kappa shape index (κ1) is 13.1. The zero-order valence-electron chi connectivity index (χ0n) is 11.0. The van der Waals surface area contributed by atoms with Crippen LogP contribution in [0.2, 0.25) is 0 Å². The van der Waals surface area contributed by atoms with Gasteiger partial charge in [-0.15, -0.1) is 0 Å². The standard InChI is InChI=1S/C12H15N5O2/c1-15-10-9(11(18)16(2)12(15)19)17(8-14-10)7-5-3-4-6-13/h8H,3-5,7H2,1-2H3. The molecular weight excluding hydrogens is 246 g/mol. The lowest BCUT2D eigenvalue weighted by Crippen LogP contribution is -2.37. The largest absolute Gasteiger partial charge is 0.332 e. The van der Waals surface area contributed by atoms with E-state index in [0.29, 0.717) is 24.1 Å². The van der Waals surface area contributed by atoms with E-state index in [2.05, 4.69) is 11.1 Å². The maximum Gasteiger partial charge on any atom is 0.332 e. The topological polar surface area (TPSA) is 85.6 Å². The minimum absolute atomic E-state index is 0.337. The highest BCUT2D eigenvalue weighted by Gasteiger charge is 2.13. The summed E-state index contributed by atoms with van der Waals surface area (Å²) in [5.41, 5.74) is 0.109. The van der Waals surface area contributed by atoms with Gasteiger partial charge in [0, 0.05) is 27.1 Å². The summed E-state index contributed by atoms with van der Waals surface area (Å²) in [7, 11) is 3.05. The Labute approximate surface area is 109 Å². The molecule has 2 aromatic rings. The quantitative estimate of drug-likeness (QED) is 0.732. The van der Waals surface area contributed by atoms with Crippen molar-refractivity contribution in [2.75, 3.05) is 0 Å². The summed E-state index contributed by atoms with van der Waals surface area (Å²) in [5.74, 6) is 0. The lowest BCUT2D eigenvalue weighted by Gasteiger charge is -2.05. The molecule has 2 rings (SSSR count). The van der Waals surface area contributed by atoms with E-state index in [-0.39, 0.29) is 11.2 Å². The lowest BCUT2D eigenvalue weighted by molar-refractivity contribution is 0.622. The molecule has 0 unspecified atom stereocenters. The Hall–Kier alpha value is -2.36. The highest BCUT2D eigenvalue weighted by Crippen LogP contribution is 2.07. The molecule has 100 valence electrons. The molecule has 19 heavy (non-hydrogen) atoms. The highest BCUT2D eigenvalue weighted by molar-refractivity contribution is 5.69. The normalized spacial score (nSPS) is 10.8. The highest BCUT2D eigenvalue weighted by atomic mass is 16.2. The Balaban J connectivity index is 2.46. The van der Waals surface area contributed by atoms with Crippen molar-refractivity contribution in [2.45, 2.75) is 25.8 Å². The Morgan fingerprint density at radius 1 is 1.26 bits per heavy atom. The summed E-state index contributed by atoms with van der Waals surface area (Å²) < 4.78 is 4.19. The number of imidazole rings is 1. The lowest BCUT2D eigenvalue weighted by atomic mass is 10.2. The molecule has 0 aliphatic carbocycles. The van der Waals surface area contributed by atoms with Crippen molar-refractivity contribution >= 4 is 11.2 Å². The molecule has 0 atom stereocenters. The van der Waals surface area contributed by atoms with Gasteiger partial charge in [0.25, 0.3) is 5.56 Å². The first-order valence-electron chi connectivity index (χ1n) is 6.05. The zero-order chi connectivity index (χ0) is 14.0. The van der Waals surface area contributed by atoms with Crippen molar-refractivity contribution in [3.05, 3.63) is 27.2 Å². The monoisotopic (exact) mass is 261 g/mol. The van der Waals surface area contributed by atoms with Gasteiger partial charge in [0.2, 0.25) is 0 Å². The number of unbranched alkanes of at least 4 members (excludes halogenated alkanes) is 2. The fourth-order valence-corrected chi connectivity index (χ4v) is 2.05. The van der Waals surface area contributed by atoms with Crippen LogP contribution >= 0.6 is 0 Å². The maximum atomic E-state index is 12.1. The molecule has 2 heterocycles. The van der Waals surface area contributed by atoms with Crippen LogP contribution in [0.25, 0.3) is 11.2 Å². The second kappa shape index (κ2) is 5.10. The summed E-state index contributed by atoms with van der Waals surface area (Å²) in [5, 5.41) is 8.48. The SMILES string of the molecule is Cn1c(=O)c2c(ncn2CCCCC#N)n(C)c1=O. The van der Waals surface area contributed by atoms with E-state index in [9.17, 15) is 9.59 Å². The van der Waals surface area contributed by atoms with E-state index in [1.165, 1.54) is 11.6 Å². The van der Waals surface area contributed by atoms with E-state index in [4.69, 9.17) is 5.26 Å². The van der Waals surface area contributed by atoms with Crippen LogP contribution in [0, 0.1) is 11.3 Å². The average Bonchev–Trinajstić information content (AvgIpc) is 2.83. The zero-order valence-corrected chi connectivity index (χ0v) is 11.0. The predicted molar refractivity (Wildman–Crippen MR) is 69.7 cm³/mol. The van der Waals surface area contributed by atoms with Gasteiger partial charge in [-0.25, -0.2) is 9.78 Å². The third-order valence-electron chi connectivity index (χ3n) is 3.15. The molecule has 0 fully saturated rings. The van der Waals surface area contributed by atoms with Crippen molar-refractivity contribution in [3.8, 4) is 6.07 Å². The number of fused-ring (bicyclic) bond motifs is 1. The second-order valence-electron chi connectivity index (χ2n) is 4.43. The minimum Gasteiger partial charge on any atom is -0.325 e. The summed E-state index contributed by atoms with van der Waals surface area (Å²) in [6.45, 7) is 0.617. The smallest absolute Gasteiger partial charge is 0.325 e. The Morgan fingerprint density at radius 3 is 2.68 bits per heavy atom. The van der Waals surface area contributed by atoms with Crippen LogP contribution in [0.5, 0.6) is 0 Å². The molecular formula is C12H15N5O2. The van der Waals surface area contributed by atoms with Crippen molar-refractivity contribution in [1.29, 1.82) is 5.26 Å². The van der Waals surface area contributed by atoms with E-state index < -0.39 is 0 Å². The average molecular weight is 261 g/mol. The molecule has 0 aliphatic rings. The first-order valence-corrected chi connectivity index (χ1v) is 6.05. The summed E-state index contributed by atoms with van der Waals surface area (Å²) in [6.07, 6.45) is 3.65. The van der Waals surface area contributed by atoms with Crippen LogP contribution in [0.1, 0.15) is 19.3 Å². The first-order chi connectivity index (χ1) is 9.07. The summed E-state index contributed by atoms with van der Waals surface area (Å²) in [6, 6.07) is 2.09. The molecule has 0 aromatic carbocycles. The van der Waals surface area contributed by atoms with Crippen LogP contribution in [-0.2, 0) is 20.6 Å². The van der Waals surface area contributed by atoms with Gasteiger partial charge in [0.05, 0.1) is 12.4 Å². The molecule has 0 aliphatic heterocycles. The molecule has 7 heteroatoms. The number of hydrogen-bond acceptors (Lipinski definition) is 4. The van der Waals surface area contributed by atoms with E-state index >= 15 is 0 Å². The number of nitriles is 1. The molecule has 0 saturated carbocycles. The van der Waals surface area contributed by atoms with E-state index in [1.807, 2.05) is 0 Å². The number of rotatable bonds is 4. The molecule has 0 N–H and O–H groups in total. The van der Waals surface area contributed by atoms with Crippen LogP contribution in [-0.4, -0.2) is 18.7 Å². The van der Waals surface area contributed by atoms with Gasteiger partial charge >= 0.3 is 5.69 Å². The molecule has 0 saturated heterocycles. The maximum absolute atomic E-state index is 12.1. The number of aromatic nitrogens is 4. The van der Waals surface area contributed by atoms with Gasteiger partial charge in [-0.05, 0) is 12.8 Å². The Bertz CT molecular complexity index is 759. The van der Waals surface area contributed by atoms with Crippen LogP contribution < -0.4 is 11.2 Å². The van der Waals surface area contributed by atoms with Gasteiger partial charge in [-0.3, -0.25) is 13.9 Å². The van der Waals surface area contributed by atoms with Gasteiger partial charge in [-0.2, -0.15) is 5.26 Å². The third-order valence-corrected chi connectivity index (χ3v) is 3.15. The van der Waals surface area contributed by atoms with Gasteiger partial charge < -0.3 is 4.57 Å². The van der Waals surface area contributed by atoms with Crippen LogP contribution in [0.15, 0.2) is 15.9 Å². The van der Waals surface area contributed by atoms with Gasteiger partial charge in [0.1, 0.15) is 0 Å². The van der Waals surface area contributed by atoms with Crippen molar-refractivity contribution < 1.29 is 0 Å². The van der Waals surface area contributed by atoms with Gasteiger partial charge in [-0.1, -0.05) is 0 Å². The fraction of sp³-hybridized carbons (Fsp3) is 0.500. The third kappa shape index (κ3) is 2.17. The molecule has 2 aromatic heterocycles. The summed E-state index contributed by atoms with van der Waals surface area (Å²) in [4.78, 5) is 28.0. The van der Waals surface area contributed by atoms with Crippen molar-refractivity contribution in [1.82, 2.24) is 18.7 Å². The van der Waals surface area contributed by atoms with E-state index in [1.54, 1.807) is 17.9 Å². The second-order valence-corrected chi connectivity index (χ2v) is 4.43. The number of nitrogens with zero attached hydrogens (tertiary/aromatic N) is 5. The van der Waals surface area contributed by atoms with Crippen LogP contribution in [0.3, 0.4) is 0 Å². The molecule has 0 spiro atoms. The van der Waals surface area contributed by atoms with Gasteiger partial charge in [0.15, 0.2) is 11.2 Å². The predicted octanol–water partition coefficient (Wildman–Crippen LogP) is 0.128. The molecule has 0 radical (unpaired) electrons. The molecule has 0 amide bonds. The van der Waals surface area contributed by atoms with Crippen molar-refractivity contribution in [2.24, 2.45) is 14.1 Å². The summed E-state index contributed by atoms with van der Waals surface area (Å²) >= 11 is 0. The molecule has 7 nitrogen and oxygen atoms in total. The number of hydrogen-bond donors (Lipinski definition) is 0. The van der Waals surface area contributed by atoms with Crippen LogP contribution in [0.4, 0.5) is 0 Å². The Kier molecular flexibility index (Phi) is 3.51. The van der Waals surface area contributed by atoms with E-state index in [0.717, 1.165) is 17.4 Å². The minimum atomic E-state index is -0.382. The molecule has 0 bridgehead atoms.